The molecule has 118 valence electrons. The van der Waals surface area contributed by atoms with Gasteiger partial charge in [-0.3, -0.25) is 0 Å². The average Bonchev–Trinajstić information content (AvgIpc) is 3.13. The molecule has 0 spiro atoms. The molecule has 4 rings (SSSR count). The SMILES string of the molecule is Cc1cn2nc([C@@H]3CCCCN3)cc2nc1N1CC[C@H](N)C1. The quantitative estimate of drug-likeness (QED) is 0.877. The second-order valence-corrected chi connectivity index (χ2v) is 6.62. The fraction of sp³-hybridized carbons (Fsp3) is 0.625. The molecule has 2 aliphatic heterocycles. The minimum atomic E-state index is 0.268. The molecular formula is C16H24N6. The van der Waals surface area contributed by atoms with Crippen LogP contribution in [0.4, 0.5) is 5.82 Å². The van der Waals surface area contributed by atoms with Crippen molar-refractivity contribution in [3.63, 3.8) is 0 Å². The van der Waals surface area contributed by atoms with Crippen molar-refractivity contribution in [2.45, 2.75) is 44.7 Å². The van der Waals surface area contributed by atoms with E-state index in [4.69, 9.17) is 15.8 Å². The summed E-state index contributed by atoms with van der Waals surface area (Å²) in [6.45, 7) is 5.08. The third-order valence-electron chi connectivity index (χ3n) is 4.82. The molecule has 0 radical (unpaired) electrons. The minimum absolute atomic E-state index is 0.268. The van der Waals surface area contributed by atoms with Gasteiger partial charge in [0.25, 0.3) is 0 Å². The summed E-state index contributed by atoms with van der Waals surface area (Å²) >= 11 is 0. The Labute approximate surface area is 130 Å². The number of fused-ring (bicyclic) bond motifs is 1. The van der Waals surface area contributed by atoms with Gasteiger partial charge in [0.1, 0.15) is 5.82 Å². The zero-order valence-corrected chi connectivity index (χ0v) is 13.1. The summed E-state index contributed by atoms with van der Waals surface area (Å²) in [5.74, 6) is 1.06. The first-order valence-corrected chi connectivity index (χ1v) is 8.31. The van der Waals surface area contributed by atoms with Crippen LogP contribution in [0.1, 0.15) is 43.0 Å². The normalized spacial score (nSPS) is 26.0. The molecule has 0 unspecified atom stereocenters. The number of piperidine rings is 1. The van der Waals surface area contributed by atoms with Crippen LogP contribution in [-0.2, 0) is 0 Å². The molecule has 4 heterocycles. The number of rotatable bonds is 2. The number of nitrogens with two attached hydrogens (primary N) is 1. The molecule has 0 saturated carbocycles. The van der Waals surface area contributed by atoms with Crippen LogP contribution in [0.25, 0.3) is 5.65 Å². The molecule has 0 bridgehead atoms. The predicted molar refractivity (Wildman–Crippen MR) is 87.1 cm³/mol. The van der Waals surface area contributed by atoms with Crippen molar-refractivity contribution in [3.8, 4) is 0 Å². The van der Waals surface area contributed by atoms with Crippen molar-refractivity contribution in [2.75, 3.05) is 24.5 Å². The molecule has 2 aliphatic rings. The van der Waals surface area contributed by atoms with E-state index in [0.717, 1.165) is 55.2 Å². The molecule has 6 heteroatoms. The third kappa shape index (κ3) is 2.46. The fourth-order valence-corrected chi connectivity index (χ4v) is 3.59. The van der Waals surface area contributed by atoms with E-state index in [9.17, 15) is 0 Å². The number of nitrogens with one attached hydrogen (secondary N) is 1. The lowest BCUT2D eigenvalue weighted by Crippen LogP contribution is -2.27. The molecule has 22 heavy (non-hydrogen) atoms. The zero-order valence-electron chi connectivity index (χ0n) is 13.1. The van der Waals surface area contributed by atoms with Crippen molar-refractivity contribution >= 4 is 11.5 Å². The van der Waals surface area contributed by atoms with E-state index in [2.05, 4.69) is 29.4 Å². The minimum Gasteiger partial charge on any atom is -0.355 e. The molecule has 2 aromatic rings. The van der Waals surface area contributed by atoms with Crippen LogP contribution in [0.5, 0.6) is 0 Å². The number of nitrogens with zero attached hydrogens (tertiary/aromatic N) is 4. The molecule has 2 atom stereocenters. The van der Waals surface area contributed by atoms with Crippen molar-refractivity contribution in [2.24, 2.45) is 5.73 Å². The van der Waals surface area contributed by atoms with Crippen molar-refractivity contribution in [1.82, 2.24) is 19.9 Å². The lowest BCUT2D eigenvalue weighted by Gasteiger charge is -2.21. The average molecular weight is 300 g/mol. The van der Waals surface area contributed by atoms with E-state index < -0.39 is 0 Å². The molecular weight excluding hydrogens is 276 g/mol. The Kier molecular flexibility index (Phi) is 3.50. The first-order chi connectivity index (χ1) is 10.7. The van der Waals surface area contributed by atoms with Crippen molar-refractivity contribution < 1.29 is 0 Å². The Morgan fingerprint density at radius 3 is 2.95 bits per heavy atom. The van der Waals surface area contributed by atoms with Gasteiger partial charge in [0, 0.05) is 37.0 Å². The third-order valence-corrected chi connectivity index (χ3v) is 4.82. The summed E-state index contributed by atoms with van der Waals surface area (Å²) in [7, 11) is 0. The number of hydrogen-bond donors (Lipinski definition) is 2. The maximum atomic E-state index is 6.03. The first-order valence-electron chi connectivity index (χ1n) is 8.31. The van der Waals surface area contributed by atoms with Crippen LogP contribution in [0, 0.1) is 6.92 Å². The summed E-state index contributed by atoms with van der Waals surface area (Å²) < 4.78 is 1.92. The molecule has 2 fully saturated rings. The van der Waals surface area contributed by atoms with Gasteiger partial charge in [-0.15, -0.1) is 0 Å². The smallest absolute Gasteiger partial charge is 0.157 e. The van der Waals surface area contributed by atoms with Gasteiger partial charge in [0.15, 0.2) is 5.65 Å². The molecule has 6 nitrogen and oxygen atoms in total. The Morgan fingerprint density at radius 1 is 1.32 bits per heavy atom. The highest BCUT2D eigenvalue weighted by Gasteiger charge is 2.23. The Bertz CT molecular complexity index is 673. The van der Waals surface area contributed by atoms with Gasteiger partial charge in [-0.05, 0) is 32.7 Å². The topological polar surface area (TPSA) is 71.5 Å². The van der Waals surface area contributed by atoms with Gasteiger partial charge in [-0.2, -0.15) is 5.10 Å². The lowest BCUT2D eigenvalue weighted by atomic mass is 10.0. The molecule has 0 amide bonds. The van der Waals surface area contributed by atoms with Crippen LogP contribution in [0.3, 0.4) is 0 Å². The van der Waals surface area contributed by atoms with E-state index in [-0.39, 0.29) is 6.04 Å². The zero-order chi connectivity index (χ0) is 15.1. The monoisotopic (exact) mass is 300 g/mol. The largest absolute Gasteiger partial charge is 0.355 e. The van der Waals surface area contributed by atoms with Crippen LogP contribution in [-0.4, -0.2) is 40.3 Å². The Morgan fingerprint density at radius 2 is 2.23 bits per heavy atom. The van der Waals surface area contributed by atoms with Gasteiger partial charge in [-0.1, -0.05) is 6.42 Å². The summed E-state index contributed by atoms with van der Waals surface area (Å²) in [4.78, 5) is 7.15. The maximum Gasteiger partial charge on any atom is 0.157 e. The molecule has 3 N–H and O–H groups in total. The summed E-state index contributed by atoms with van der Waals surface area (Å²) in [5, 5.41) is 8.28. The summed E-state index contributed by atoms with van der Waals surface area (Å²) in [6.07, 6.45) is 6.84. The highest BCUT2D eigenvalue weighted by Crippen LogP contribution is 2.26. The van der Waals surface area contributed by atoms with Gasteiger partial charge in [-0.25, -0.2) is 9.50 Å². The highest BCUT2D eigenvalue weighted by molar-refractivity contribution is 5.54. The summed E-state index contributed by atoms with van der Waals surface area (Å²) in [6, 6.07) is 2.77. The second-order valence-electron chi connectivity index (χ2n) is 6.62. The van der Waals surface area contributed by atoms with E-state index in [0.29, 0.717) is 6.04 Å². The van der Waals surface area contributed by atoms with Gasteiger partial charge < -0.3 is 16.0 Å². The van der Waals surface area contributed by atoms with Crippen molar-refractivity contribution in [1.29, 1.82) is 0 Å². The van der Waals surface area contributed by atoms with Gasteiger partial charge in [0.05, 0.1) is 11.7 Å². The Hall–Kier alpha value is -1.66. The van der Waals surface area contributed by atoms with E-state index in [1.165, 1.54) is 12.8 Å². The first kappa shape index (κ1) is 14.0. The standard InChI is InChI=1S/C16H24N6/c1-11-9-22-15(19-16(11)21-7-5-12(17)10-21)8-14(20-22)13-4-2-3-6-18-13/h8-9,12-13,18H,2-7,10,17H2,1H3/t12-,13-/m0/s1. The number of aromatic nitrogens is 3. The van der Waals surface area contributed by atoms with E-state index in [1.54, 1.807) is 0 Å². The van der Waals surface area contributed by atoms with Crippen LogP contribution in [0.15, 0.2) is 12.3 Å². The van der Waals surface area contributed by atoms with E-state index >= 15 is 0 Å². The van der Waals surface area contributed by atoms with Gasteiger partial charge >= 0.3 is 0 Å². The van der Waals surface area contributed by atoms with E-state index in [1.807, 2.05) is 4.52 Å². The lowest BCUT2D eigenvalue weighted by molar-refractivity contribution is 0.404. The second kappa shape index (κ2) is 5.52. The van der Waals surface area contributed by atoms with Crippen LogP contribution >= 0.6 is 0 Å². The number of aryl methyl sites for hydroxylation is 1. The molecule has 2 saturated heterocycles. The number of anilines is 1. The van der Waals surface area contributed by atoms with Gasteiger partial charge in [0.2, 0.25) is 0 Å². The fourth-order valence-electron chi connectivity index (χ4n) is 3.59. The maximum absolute atomic E-state index is 6.03. The highest BCUT2D eigenvalue weighted by atomic mass is 15.3. The van der Waals surface area contributed by atoms with Crippen LogP contribution < -0.4 is 16.0 Å². The van der Waals surface area contributed by atoms with Crippen molar-refractivity contribution in [3.05, 3.63) is 23.5 Å². The Balaban J connectivity index is 1.67. The van der Waals surface area contributed by atoms with Crippen LogP contribution in [0.2, 0.25) is 0 Å². The number of hydrogen-bond acceptors (Lipinski definition) is 5. The molecule has 0 aliphatic carbocycles. The predicted octanol–water partition coefficient (Wildman–Crippen LogP) is 1.39. The molecule has 2 aromatic heterocycles. The summed E-state index contributed by atoms with van der Waals surface area (Å²) in [5.41, 5.74) is 9.24. The molecule has 0 aromatic carbocycles.